The largest absolute Gasteiger partial charge is 0.462 e. The Morgan fingerprint density at radius 1 is 0.267 bits per heavy atom. The number of carbonyl (C=O) groups excluding carboxylic acids is 3. The Balaban J connectivity index is 4.27. The van der Waals surface area contributed by atoms with Crippen molar-refractivity contribution in [3.8, 4) is 0 Å². The molecular formula is C69H134O6. The molecule has 0 bridgehead atoms. The van der Waals surface area contributed by atoms with E-state index in [-0.39, 0.29) is 31.1 Å². The molecule has 0 aromatic rings. The minimum Gasteiger partial charge on any atom is -0.462 e. The van der Waals surface area contributed by atoms with Gasteiger partial charge < -0.3 is 14.2 Å². The van der Waals surface area contributed by atoms with Gasteiger partial charge in [-0.3, -0.25) is 14.4 Å². The van der Waals surface area contributed by atoms with Crippen LogP contribution in [-0.2, 0) is 28.6 Å². The third-order valence-electron chi connectivity index (χ3n) is 16.4. The van der Waals surface area contributed by atoms with Crippen molar-refractivity contribution in [3.63, 3.8) is 0 Å². The topological polar surface area (TPSA) is 78.9 Å². The molecule has 6 heteroatoms. The van der Waals surface area contributed by atoms with Gasteiger partial charge in [-0.15, -0.1) is 0 Å². The van der Waals surface area contributed by atoms with E-state index in [2.05, 4.69) is 27.7 Å². The van der Waals surface area contributed by atoms with Crippen LogP contribution in [0, 0.1) is 5.92 Å². The maximum atomic E-state index is 12.9. The van der Waals surface area contributed by atoms with Crippen molar-refractivity contribution < 1.29 is 28.6 Å². The number of hydrogen-bond donors (Lipinski definition) is 0. The van der Waals surface area contributed by atoms with Crippen LogP contribution in [0.15, 0.2) is 0 Å². The Hall–Kier alpha value is -1.59. The molecule has 0 N–H and O–H groups in total. The second-order valence-corrected chi connectivity index (χ2v) is 24.1. The summed E-state index contributed by atoms with van der Waals surface area (Å²) in [5.41, 5.74) is 0. The van der Waals surface area contributed by atoms with Crippen LogP contribution in [0.4, 0.5) is 0 Å². The highest BCUT2D eigenvalue weighted by Gasteiger charge is 2.19. The van der Waals surface area contributed by atoms with Crippen molar-refractivity contribution in [2.45, 2.75) is 406 Å². The van der Waals surface area contributed by atoms with E-state index in [0.717, 1.165) is 63.7 Å². The lowest BCUT2D eigenvalue weighted by Gasteiger charge is -2.18. The van der Waals surface area contributed by atoms with E-state index in [1.807, 2.05) is 0 Å². The summed E-state index contributed by atoms with van der Waals surface area (Å²) in [4.78, 5) is 38.4. The standard InChI is InChI=1S/C69H134O6/c1-5-8-10-12-14-16-18-20-22-24-25-29-33-37-41-45-49-53-57-61-68(71)74-64-66(63-73-67(70)60-56-52-48-44-40-36-32-23-21-19-17-15-13-11-9-6-2)75-69(72)62-58-54-50-46-42-38-34-30-27-26-28-31-35-39-43-47-51-55-59-65(4)7-3/h65-66H,5-64H2,1-4H3/t65?,66-/m1/s1. The number of ether oxygens (including phenoxy) is 3. The summed E-state index contributed by atoms with van der Waals surface area (Å²) in [6.07, 6.45) is 72.5. The molecule has 446 valence electrons. The molecule has 0 saturated heterocycles. The summed E-state index contributed by atoms with van der Waals surface area (Å²) in [5.74, 6) is 0.0873. The summed E-state index contributed by atoms with van der Waals surface area (Å²) in [5, 5.41) is 0. The second-order valence-electron chi connectivity index (χ2n) is 24.1. The molecule has 0 fully saturated rings. The van der Waals surface area contributed by atoms with Crippen molar-refractivity contribution in [3.05, 3.63) is 0 Å². The Morgan fingerprint density at radius 2 is 0.467 bits per heavy atom. The smallest absolute Gasteiger partial charge is 0.306 e. The third-order valence-corrected chi connectivity index (χ3v) is 16.4. The molecule has 75 heavy (non-hydrogen) atoms. The highest BCUT2D eigenvalue weighted by Crippen LogP contribution is 2.20. The highest BCUT2D eigenvalue weighted by molar-refractivity contribution is 5.71. The molecule has 1 unspecified atom stereocenters. The van der Waals surface area contributed by atoms with E-state index < -0.39 is 6.10 Å². The van der Waals surface area contributed by atoms with E-state index in [1.165, 1.54) is 295 Å². The minimum atomic E-state index is -0.764. The molecule has 0 aliphatic heterocycles. The average molecular weight is 1060 g/mol. The van der Waals surface area contributed by atoms with E-state index in [4.69, 9.17) is 14.2 Å². The van der Waals surface area contributed by atoms with Crippen LogP contribution in [0.5, 0.6) is 0 Å². The molecule has 6 nitrogen and oxygen atoms in total. The van der Waals surface area contributed by atoms with Gasteiger partial charge in [-0.2, -0.15) is 0 Å². The van der Waals surface area contributed by atoms with Crippen LogP contribution in [0.1, 0.15) is 400 Å². The predicted molar refractivity (Wildman–Crippen MR) is 326 cm³/mol. The van der Waals surface area contributed by atoms with Gasteiger partial charge in [-0.25, -0.2) is 0 Å². The van der Waals surface area contributed by atoms with Crippen molar-refractivity contribution in [2.75, 3.05) is 13.2 Å². The summed E-state index contributed by atoms with van der Waals surface area (Å²) in [6.45, 7) is 9.15. The fourth-order valence-electron chi connectivity index (χ4n) is 10.8. The summed E-state index contributed by atoms with van der Waals surface area (Å²) >= 11 is 0. The molecule has 0 radical (unpaired) electrons. The lowest BCUT2D eigenvalue weighted by molar-refractivity contribution is -0.167. The van der Waals surface area contributed by atoms with Gasteiger partial charge in [-0.1, -0.05) is 362 Å². The Kier molecular flexibility index (Phi) is 61.9. The van der Waals surface area contributed by atoms with Gasteiger partial charge in [0.2, 0.25) is 0 Å². The zero-order valence-electron chi connectivity index (χ0n) is 51.5. The fourth-order valence-corrected chi connectivity index (χ4v) is 10.8. The number of unbranched alkanes of at least 4 members (excludes halogenated alkanes) is 50. The first-order valence-corrected chi connectivity index (χ1v) is 34.4. The molecule has 0 aromatic heterocycles. The van der Waals surface area contributed by atoms with Crippen molar-refractivity contribution in [1.29, 1.82) is 0 Å². The van der Waals surface area contributed by atoms with Crippen LogP contribution in [0.3, 0.4) is 0 Å². The van der Waals surface area contributed by atoms with Gasteiger partial charge in [0.15, 0.2) is 6.10 Å². The molecule has 2 atom stereocenters. The van der Waals surface area contributed by atoms with E-state index in [0.29, 0.717) is 19.3 Å². The first-order chi connectivity index (χ1) is 36.9. The number of rotatable bonds is 64. The van der Waals surface area contributed by atoms with Gasteiger partial charge in [0.1, 0.15) is 13.2 Å². The monoisotopic (exact) mass is 1060 g/mol. The van der Waals surface area contributed by atoms with Gasteiger partial charge in [-0.05, 0) is 25.2 Å². The molecule has 0 aromatic carbocycles. The molecule has 0 rings (SSSR count). The van der Waals surface area contributed by atoms with E-state index in [1.54, 1.807) is 0 Å². The highest BCUT2D eigenvalue weighted by atomic mass is 16.6. The zero-order valence-corrected chi connectivity index (χ0v) is 51.5. The van der Waals surface area contributed by atoms with Gasteiger partial charge >= 0.3 is 17.9 Å². The summed E-state index contributed by atoms with van der Waals surface area (Å²) < 4.78 is 17.0. The molecule has 0 saturated carbocycles. The fraction of sp³-hybridized carbons (Fsp3) is 0.957. The van der Waals surface area contributed by atoms with Crippen LogP contribution in [-0.4, -0.2) is 37.2 Å². The molecular weight excluding hydrogens is 925 g/mol. The maximum absolute atomic E-state index is 12.9. The number of carbonyl (C=O) groups is 3. The summed E-state index contributed by atoms with van der Waals surface area (Å²) in [7, 11) is 0. The average Bonchev–Trinajstić information content (AvgIpc) is 3.41. The lowest BCUT2D eigenvalue weighted by Crippen LogP contribution is -2.30. The SMILES string of the molecule is CCCCCCCCCCCCCCCCCCCCCC(=O)OC[C@@H](COC(=O)CCCCCCCCCCCCCCCCCC)OC(=O)CCCCCCCCCCCCCCCCCCCCC(C)CC. The number of hydrogen-bond acceptors (Lipinski definition) is 6. The summed E-state index contributed by atoms with van der Waals surface area (Å²) in [6, 6.07) is 0. The van der Waals surface area contributed by atoms with Gasteiger partial charge in [0.05, 0.1) is 0 Å². The molecule has 0 amide bonds. The molecule has 0 aliphatic carbocycles. The quantitative estimate of drug-likeness (QED) is 0.0343. The van der Waals surface area contributed by atoms with E-state index >= 15 is 0 Å². The van der Waals surface area contributed by atoms with Crippen LogP contribution < -0.4 is 0 Å². The molecule has 0 spiro atoms. The lowest BCUT2D eigenvalue weighted by atomic mass is 9.99. The maximum Gasteiger partial charge on any atom is 0.306 e. The van der Waals surface area contributed by atoms with Crippen molar-refractivity contribution in [2.24, 2.45) is 5.92 Å². The first kappa shape index (κ1) is 73.4. The van der Waals surface area contributed by atoms with Crippen molar-refractivity contribution in [1.82, 2.24) is 0 Å². The van der Waals surface area contributed by atoms with E-state index in [9.17, 15) is 14.4 Å². The van der Waals surface area contributed by atoms with Crippen LogP contribution in [0.25, 0.3) is 0 Å². The van der Waals surface area contributed by atoms with Gasteiger partial charge in [0.25, 0.3) is 0 Å². The first-order valence-electron chi connectivity index (χ1n) is 34.4. The van der Waals surface area contributed by atoms with Crippen LogP contribution in [0.2, 0.25) is 0 Å². The zero-order chi connectivity index (χ0) is 54.4. The van der Waals surface area contributed by atoms with Crippen molar-refractivity contribution >= 4 is 17.9 Å². The Labute approximate surface area is 469 Å². The van der Waals surface area contributed by atoms with Gasteiger partial charge in [0, 0.05) is 19.3 Å². The van der Waals surface area contributed by atoms with Crippen LogP contribution >= 0.6 is 0 Å². The normalized spacial score (nSPS) is 12.3. The minimum absolute atomic E-state index is 0.0607. The molecule has 0 aliphatic rings. The predicted octanol–water partition coefficient (Wildman–Crippen LogP) is 23.3. The third kappa shape index (κ3) is 61.5. The second kappa shape index (κ2) is 63.2. The molecule has 0 heterocycles. The Bertz CT molecular complexity index is 1140. The Morgan fingerprint density at radius 3 is 0.693 bits per heavy atom. The number of esters is 3.